The third-order valence-corrected chi connectivity index (χ3v) is 4.77. The fourth-order valence-corrected chi connectivity index (χ4v) is 3.08. The van der Waals surface area contributed by atoms with Crippen LogP contribution in [-0.2, 0) is 6.54 Å². The number of halogens is 2. The van der Waals surface area contributed by atoms with E-state index in [-0.39, 0.29) is 29.6 Å². The van der Waals surface area contributed by atoms with E-state index >= 15 is 0 Å². The highest BCUT2D eigenvalue weighted by atomic mass is 79.9. The molecule has 0 aliphatic rings. The second-order valence-corrected chi connectivity index (χ2v) is 6.94. The van der Waals surface area contributed by atoms with Crippen LogP contribution < -0.4 is 10.3 Å². The third-order valence-electron chi connectivity index (χ3n) is 4.16. The minimum absolute atomic E-state index is 0.00596. The normalized spacial score (nSPS) is 10.9. The predicted octanol–water partition coefficient (Wildman–Crippen LogP) is 3.92. The van der Waals surface area contributed by atoms with Gasteiger partial charge in [0.05, 0.1) is 17.3 Å². The molecule has 0 fully saturated rings. The number of ether oxygens (including phenoxy) is 1. The van der Waals surface area contributed by atoms with Gasteiger partial charge in [0, 0.05) is 17.2 Å². The molecule has 0 radical (unpaired) electrons. The van der Waals surface area contributed by atoms with Crippen molar-refractivity contribution < 1.29 is 13.7 Å². The van der Waals surface area contributed by atoms with E-state index in [1.165, 1.54) is 16.8 Å². The fourth-order valence-electron chi connectivity index (χ4n) is 2.70. The molecule has 0 aliphatic carbocycles. The second kappa shape index (κ2) is 7.96. The summed E-state index contributed by atoms with van der Waals surface area (Å²) < 4.78 is 25.4. The van der Waals surface area contributed by atoms with Gasteiger partial charge in [-0.2, -0.15) is 10.1 Å². The molecule has 0 amide bonds. The summed E-state index contributed by atoms with van der Waals surface area (Å²) in [5, 5.41) is 8.28. The maximum absolute atomic E-state index is 13.4. The van der Waals surface area contributed by atoms with Crippen molar-refractivity contribution in [2.75, 3.05) is 7.11 Å². The predicted molar refractivity (Wildman–Crippen MR) is 107 cm³/mol. The van der Waals surface area contributed by atoms with Gasteiger partial charge in [0.15, 0.2) is 0 Å². The molecule has 4 rings (SSSR count). The van der Waals surface area contributed by atoms with Crippen LogP contribution in [0.5, 0.6) is 5.75 Å². The maximum atomic E-state index is 13.4. The van der Waals surface area contributed by atoms with E-state index in [0.717, 1.165) is 5.56 Å². The van der Waals surface area contributed by atoms with Crippen LogP contribution in [0.3, 0.4) is 0 Å². The van der Waals surface area contributed by atoms with Crippen LogP contribution in [0.1, 0.15) is 5.89 Å². The van der Waals surface area contributed by atoms with Gasteiger partial charge in [-0.05, 0) is 52.3 Å². The lowest BCUT2D eigenvalue weighted by Gasteiger charge is -2.06. The van der Waals surface area contributed by atoms with Gasteiger partial charge < -0.3 is 9.26 Å². The number of benzene rings is 2. The Kier molecular flexibility index (Phi) is 5.22. The van der Waals surface area contributed by atoms with E-state index in [0.29, 0.717) is 21.5 Å². The zero-order valence-corrected chi connectivity index (χ0v) is 16.8. The molecule has 0 spiro atoms. The molecule has 0 aliphatic heterocycles. The van der Waals surface area contributed by atoms with Crippen LogP contribution in [0.25, 0.3) is 22.6 Å². The summed E-state index contributed by atoms with van der Waals surface area (Å²) >= 11 is 3.13. The summed E-state index contributed by atoms with van der Waals surface area (Å²) in [4.78, 5) is 16.5. The van der Waals surface area contributed by atoms with Crippen molar-refractivity contribution in [3.05, 3.63) is 81.1 Å². The van der Waals surface area contributed by atoms with Crippen LogP contribution in [-0.4, -0.2) is 27.0 Å². The quantitative estimate of drug-likeness (QED) is 0.452. The molecule has 4 aromatic rings. The molecule has 2 aromatic heterocycles. The lowest BCUT2D eigenvalue weighted by molar-refractivity contribution is 0.363. The van der Waals surface area contributed by atoms with Crippen LogP contribution in [0, 0.1) is 5.82 Å². The minimum Gasteiger partial charge on any atom is -0.497 e. The van der Waals surface area contributed by atoms with Crippen LogP contribution in [0.2, 0.25) is 0 Å². The SMILES string of the molecule is COc1cccc(-c2ccc(=O)n(Cc3nc(-c4ccc(F)c(Br)c4)no3)n2)c1. The standard InChI is InChI=1S/C20H14BrFN4O3/c1-28-14-4-2-3-12(9-14)17-7-8-19(27)26(24-17)11-18-23-20(25-29-18)13-5-6-16(22)15(21)10-13/h2-10H,11H2,1H3. The number of nitrogens with zero attached hydrogens (tertiary/aromatic N) is 4. The monoisotopic (exact) mass is 456 g/mol. The molecule has 2 aromatic carbocycles. The Hall–Kier alpha value is -3.33. The first-order valence-corrected chi connectivity index (χ1v) is 9.33. The lowest BCUT2D eigenvalue weighted by atomic mass is 10.1. The summed E-state index contributed by atoms with van der Waals surface area (Å²) in [5.41, 5.74) is 1.69. The van der Waals surface area contributed by atoms with Gasteiger partial charge >= 0.3 is 0 Å². The Morgan fingerprint density at radius 2 is 2.00 bits per heavy atom. The highest BCUT2D eigenvalue weighted by Gasteiger charge is 2.13. The molecule has 146 valence electrons. The fraction of sp³-hybridized carbons (Fsp3) is 0.100. The topological polar surface area (TPSA) is 83.0 Å². The lowest BCUT2D eigenvalue weighted by Crippen LogP contribution is -2.23. The van der Waals surface area contributed by atoms with Crippen molar-refractivity contribution >= 4 is 15.9 Å². The molecule has 0 atom stereocenters. The van der Waals surface area contributed by atoms with Gasteiger partial charge in [0.1, 0.15) is 18.1 Å². The van der Waals surface area contributed by atoms with Crippen LogP contribution in [0.4, 0.5) is 4.39 Å². The summed E-state index contributed by atoms with van der Waals surface area (Å²) in [7, 11) is 1.58. The van der Waals surface area contributed by atoms with E-state index < -0.39 is 0 Å². The van der Waals surface area contributed by atoms with E-state index in [1.807, 2.05) is 24.3 Å². The smallest absolute Gasteiger partial charge is 0.267 e. The molecule has 0 saturated carbocycles. The maximum Gasteiger partial charge on any atom is 0.267 e. The van der Waals surface area contributed by atoms with Crippen molar-refractivity contribution in [3.63, 3.8) is 0 Å². The Bertz CT molecular complexity index is 1240. The van der Waals surface area contributed by atoms with Crippen LogP contribution >= 0.6 is 15.9 Å². The van der Waals surface area contributed by atoms with Gasteiger partial charge in [-0.25, -0.2) is 9.07 Å². The largest absolute Gasteiger partial charge is 0.497 e. The van der Waals surface area contributed by atoms with E-state index in [2.05, 4.69) is 31.2 Å². The zero-order chi connectivity index (χ0) is 20.4. The molecule has 0 saturated heterocycles. The number of methoxy groups -OCH3 is 1. The van der Waals surface area contributed by atoms with E-state index in [4.69, 9.17) is 9.26 Å². The third kappa shape index (κ3) is 4.09. The van der Waals surface area contributed by atoms with Gasteiger partial charge in [-0.3, -0.25) is 4.79 Å². The van der Waals surface area contributed by atoms with Gasteiger partial charge in [-0.15, -0.1) is 0 Å². The number of aromatic nitrogens is 4. The van der Waals surface area contributed by atoms with Crippen molar-refractivity contribution in [1.82, 2.24) is 19.9 Å². The van der Waals surface area contributed by atoms with Crippen molar-refractivity contribution in [2.24, 2.45) is 0 Å². The second-order valence-electron chi connectivity index (χ2n) is 6.09. The summed E-state index contributed by atoms with van der Waals surface area (Å²) in [6.07, 6.45) is 0. The minimum atomic E-state index is -0.387. The Balaban J connectivity index is 1.62. The zero-order valence-electron chi connectivity index (χ0n) is 15.2. The van der Waals surface area contributed by atoms with E-state index in [1.54, 1.807) is 25.3 Å². The Morgan fingerprint density at radius 3 is 2.79 bits per heavy atom. The van der Waals surface area contributed by atoms with Crippen LogP contribution in [0.15, 0.2) is 68.4 Å². The van der Waals surface area contributed by atoms with Crippen molar-refractivity contribution in [3.8, 4) is 28.4 Å². The first kappa shape index (κ1) is 19.0. The molecule has 2 heterocycles. The van der Waals surface area contributed by atoms with Crippen molar-refractivity contribution in [1.29, 1.82) is 0 Å². The van der Waals surface area contributed by atoms with Gasteiger partial charge in [0.25, 0.3) is 5.56 Å². The summed E-state index contributed by atoms with van der Waals surface area (Å²) in [5.74, 6) is 0.798. The average molecular weight is 457 g/mol. The summed E-state index contributed by atoms with van der Waals surface area (Å²) in [6.45, 7) is 0.00596. The molecule has 7 nitrogen and oxygen atoms in total. The molecular formula is C20H14BrFN4O3. The average Bonchev–Trinajstić information content (AvgIpc) is 3.20. The summed E-state index contributed by atoms with van der Waals surface area (Å²) in [6, 6.07) is 14.8. The Morgan fingerprint density at radius 1 is 1.14 bits per heavy atom. The first-order valence-electron chi connectivity index (χ1n) is 8.54. The molecular weight excluding hydrogens is 443 g/mol. The highest BCUT2D eigenvalue weighted by Crippen LogP contribution is 2.24. The number of hydrogen-bond acceptors (Lipinski definition) is 6. The molecule has 0 bridgehead atoms. The molecule has 0 N–H and O–H groups in total. The molecule has 9 heteroatoms. The number of hydrogen-bond donors (Lipinski definition) is 0. The first-order chi connectivity index (χ1) is 14.0. The molecule has 29 heavy (non-hydrogen) atoms. The van der Waals surface area contributed by atoms with Gasteiger partial charge in [0.2, 0.25) is 11.7 Å². The number of rotatable bonds is 5. The van der Waals surface area contributed by atoms with Gasteiger partial charge in [-0.1, -0.05) is 17.3 Å². The van der Waals surface area contributed by atoms with Crippen molar-refractivity contribution in [2.45, 2.75) is 6.54 Å². The van der Waals surface area contributed by atoms with E-state index in [9.17, 15) is 9.18 Å². The Labute approximate surface area is 172 Å². The highest BCUT2D eigenvalue weighted by molar-refractivity contribution is 9.10. The molecule has 0 unspecified atom stereocenters.